The van der Waals surface area contributed by atoms with E-state index in [-0.39, 0.29) is 5.91 Å². The van der Waals surface area contributed by atoms with Crippen molar-refractivity contribution in [1.29, 1.82) is 0 Å². The smallest absolute Gasteiger partial charge is 0.220 e. The van der Waals surface area contributed by atoms with Crippen LogP contribution in [0.15, 0.2) is 18.6 Å². The minimum atomic E-state index is 0.125. The van der Waals surface area contributed by atoms with E-state index in [1.54, 1.807) is 18.6 Å². The van der Waals surface area contributed by atoms with E-state index in [4.69, 9.17) is 4.74 Å². The first-order valence-corrected chi connectivity index (χ1v) is 8.67. The summed E-state index contributed by atoms with van der Waals surface area (Å²) in [6.45, 7) is 3.95. The lowest BCUT2D eigenvalue weighted by molar-refractivity contribution is -0.122. The second-order valence-electron chi connectivity index (χ2n) is 6.42. The standard InChI is InChI=1S/C17H26N4O2/c22-17(2-1-15-13-18-7-8-19-15)20-14-3-9-21(10-4-14)16-5-11-23-12-6-16/h7-8,13-14,16H,1-6,9-12H2,(H,20,22). The minimum Gasteiger partial charge on any atom is -0.381 e. The third kappa shape index (κ3) is 4.97. The summed E-state index contributed by atoms with van der Waals surface area (Å²) in [7, 11) is 0. The zero-order valence-corrected chi connectivity index (χ0v) is 13.6. The van der Waals surface area contributed by atoms with Gasteiger partial charge in [0.05, 0.1) is 5.69 Å². The summed E-state index contributed by atoms with van der Waals surface area (Å²) in [6.07, 6.45) is 10.6. The van der Waals surface area contributed by atoms with Crippen LogP contribution in [0.1, 0.15) is 37.8 Å². The van der Waals surface area contributed by atoms with Gasteiger partial charge in [0.1, 0.15) is 0 Å². The number of nitrogens with zero attached hydrogens (tertiary/aromatic N) is 3. The van der Waals surface area contributed by atoms with Crippen molar-refractivity contribution in [3.63, 3.8) is 0 Å². The van der Waals surface area contributed by atoms with Gasteiger partial charge in [-0.3, -0.25) is 14.8 Å². The molecule has 0 aromatic carbocycles. The van der Waals surface area contributed by atoms with Crippen LogP contribution in [0, 0.1) is 0 Å². The van der Waals surface area contributed by atoms with Crippen LogP contribution in [0.3, 0.4) is 0 Å². The van der Waals surface area contributed by atoms with Crippen molar-refractivity contribution in [2.24, 2.45) is 0 Å². The number of aryl methyl sites for hydroxylation is 1. The average molecular weight is 318 g/mol. The number of rotatable bonds is 5. The summed E-state index contributed by atoms with van der Waals surface area (Å²) >= 11 is 0. The van der Waals surface area contributed by atoms with E-state index in [0.717, 1.165) is 57.7 Å². The number of carbonyl (C=O) groups is 1. The molecule has 0 unspecified atom stereocenters. The van der Waals surface area contributed by atoms with Crippen LogP contribution in [-0.4, -0.2) is 59.2 Å². The van der Waals surface area contributed by atoms with Crippen molar-refractivity contribution < 1.29 is 9.53 Å². The fraction of sp³-hybridized carbons (Fsp3) is 0.706. The Morgan fingerprint density at radius 1 is 1.22 bits per heavy atom. The maximum absolute atomic E-state index is 12.1. The summed E-state index contributed by atoms with van der Waals surface area (Å²) in [5.41, 5.74) is 0.872. The molecule has 3 heterocycles. The summed E-state index contributed by atoms with van der Waals surface area (Å²) in [5.74, 6) is 0.125. The van der Waals surface area contributed by atoms with Crippen LogP contribution in [0.4, 0.5) is 0 Å². The minimum absolute atomic E-state index is 0.125. The number of likely N-dealkylation sites (tertiary alicyclic amines) is 1. The van der Waals surface area contributed by atoms with Crippen molar-refractivity contribution in [3.05, 3.63) is 24.3 Å². The molecule has 1 aromatic heterocycles. The van der Waals surface area contributed by atoms with Crippen molar-refractivity contribution in [2.75, 3.05) is 26.3 Å². The molecule has 2 aliphatic rings. The summed E-state index contributed by atoms with van der Waals surface area (Å²) < 4.78 is 5.43. The summed E-state index contributed by atoms with van der Waals surface area (Å²) in [5, 5.41) is 3.17. The Balaban J connectivity index is 1.35. The fourth-order valence-electron chi connectivity index (χ4n) is 3.46. The van der Waals surface area contributed by atoms with Crippen LogP contribution in [0.5, 0.6) is 0 Å². The highest BCUT2D eigenvalue weighted by Crippen LogP contribution is 2.20. The highest BCUT2D eigenvalue weighted by molar-refractivity contribution is 5.76. The van der Waals surface area contributed by atoms with Gasteiger partial charge in [-0.1, -0.05) is 0 Å². The number of piperidine rings is 1. The van der Waals surface area contributed by atoms with Gasteiger partial charge < -0.3 is 15.0 Å². The Bertz CT molecular complexity index is 483. The number of ether oxygens (including phenoxy) is 1. The van der Waals surface area contributed by atoms with Crippen molar-refractivity contribution in [2.45, 2.75) is 50.6 Å². The maximum Gasteiger partial charge on any atom is 0.220 e. The zero-order chi connectivity index (χ0) is 15.9. The van der Waals surface area contributed by atoms with E-state index < -0.39 is 0 Å². The lowest BCUT2D eigenvalue weighted by Crippen LogP contribution is -2.49. The molecule has 3 rings (SSSR count). The molecule has 0 atom stereocenters. The Morgan fingerprint density at radius 2 is 2.00 bits per heavy atom. The van der Waals surface area contributed by atoms with Gasteiger partial charge in [-0.2, -0.15) is 0 Å². The van der Waals surface area contributed by atoms with Crippen molar-refractivity contribution in [1.82, 2.24) is 20.2 Å². The second kappa shape index (κ2) is 8.36. The third-order valence-corrected chi connectivity index (χ3v) is 4.83. The van der Waals surface area contributed by atoms with Crippen LogP contribution < -0.4 is 5.32 Å². The molecule has 6 heteroatoms. The molecule has 126 valence electrons. The number of nitrogens with one attached hydrogen (secondary N) is 1. The van der Waals surface area contributed by atoms with E-state index in [9.17, 15) is 4.79 Å². The van der Waals surface area contributed by atoms with Gasteiger partial charge in [0.25, 0.3) is 0 Å². The number of hydrogen-bond donors (Lipinski definition) is 1. The molecule has 0 saturated carbocycles. The van der Waals surface area contributed by atoms with Crippen molar-refractivity contribution >= 4 is 5.91 Å². The van der Waals surface area contributed by atoms with E-state index in [1.807, 2.05) is 0 Å². The normalized spacial score (nSPS) is 21.2. The molecule has 0 spiro atoms. The fourth-order valence-corrected chi connectivity index (χ4v) is 3.46. The molecule has 1 amide bonds. The first kappa shape index (κ1) is 16.3. The largest absolute Gasteiger partial charge is 0.381 e. The maximum atomic E-state index is 12.1. The second-order valence-corrected chi connectivity index (χ2v) is 6.42. The summed E-state index contributed by atoms with van der Waals surface area (Å²) in [6, 6.07) is 0.998. The van der Waals surface area contributed by atoms with E-state index >= 15 is 0 Å². The van der Waals surface area contributed by atoms with Crippen LogP contribution in [0.2, 0.25) is 0 Å². The molecule has 0 bridgehead atoms. The molecule has 2 fully saturated rings. The average Bonchev–Trinajstić information content (AvgIpc) is 2.62. The first-order chi connectivity index (χ1) is 11.3. The zero-order valence-electron chi connectivity index (χ0n) is 13.6. The molecular formula is C17H26N4O2. The quantitative estimate of drug-likeness (QED) is 0.883. The molecule has 1 N–H and O–H groups in total. The van der Waals surface area contributed by atoms with E-state index in [2.05, 4.69) is 20.2 Å². The molecule has 23 heavy (non-hydrogen) atoms. The third-order valence-electron chi connectivity index (χ3n) is 4.83. The monoisotopic (exact) mass is 318 g/mol. The molecule has 2 saturated heterocycles. The van der Waals surface area contributed by atoms with Gasteiger partial charge in [-0.15, -0.1) is 0 Å². The van der Waals surface area contributed by atoms with Crippen LogP contribution in [-0.2, 0) is 16.0 Å². The number of carbonyl (C=O) groups excluding carboxylic acids is 1. The first-order valence-electron chi connectivity index (χ1n) is 8.67. The van der Waals surface area contributed by atoms with Crippen molar-refractivity contribution in [3.8, 4) is 0 Å². The van der Waals surface area contributed by atoms with Gasteiger partial charge in [0.2, 0.25) is 5.91 Å². The lowest BCUT2D eigenvalue weighted by atomic mass is 9.99. The summed E-state index contributed by atoms with van der Waals surface area (Å²) in [4.78, 5) is 22.9. The van der Waals surface area contributed by atoms with Crippen LogP contribution in [0.25, 0.3) is 0 Å². The Morgan fingerprint density at radius 3 is 2.70 bits per heavy atom. The van der Waals surface area contributed by atoms with Gasteiger partial charge in [-0.25, -0.2) is 0 Å². The van der Waals surface area contributed by atoms with Gasteiger partial charge in [0.15, 0.2) is 0 Å². The SMILES string of the molecule is O=C(CCc1cnccn1)NC1CCN(C2CCOCC2)CC1. The Hall–Kier alpha value is -1.53. The predicted molar refractivity (Wildman–Crippen MR) is 86.9 cm³/mol. The highest BCUT2D eigenvalue weighted by Gasteiger charge is 2.26. The highest BCUT2D eigenvalue weighted by atomic mass is 16.5. The lowest BCUT2D eigenvalue weighted by Gasteiger charge is -2.39. The van der Waals surface area contributed by atoms with E-state index in [1.165, 1.54) is 0 Å². The number of amides is 1. The van der Waals surface area contributed by atoms with Gasteiger partial charge >= 0.3 is 0 Å². The topological polar surface area (TPSA) is 67.4 Å². The number of hydrogen-bond acceptors (Lipinski definition) is 5. The molecule has 6 nitrogen and oxygen atoms in total. The number of aromatic nitrogens is 2. The van der Waals surface area contributed by atoms with Gasteiger partial charge in [0, 0.05) is 63.4 Å². The predicted octanol–water partition coefficient (Wildman–Crippen LogP) is 1.17. The van der Waals surface area contributed by atoms with E-state index in [0.29, 0.717) is 24.9 Å². The molecule has 2 aliphatic heterocycles. The molecule has 0 radical (unpaired) electrons. The van der Waals surface area contributed by atoms with Crippen LogP contribution >= 0.6 is 0 Å². The molecule has 0 aliphatic carbocycles. The Labute approximate surface area is 137 Å². The molecular weight excluding hydrogens is 292 g/mol. The van der Waals surface area contributed by atoms with Gasteiger partial charge in [-0.05, 0) is 32.1 Å². The molecule has 1 aromatic rings. The Kier molecular flexibility index (Phi) is 5.93.